The van der Waals surface area contributed by atoms with Gasteiger partial charge in [0.15, 0.2) is 0 Å². The van der Waals surface area contributed by atoms with E-state index >= 15 is 0 Å². The minimum atomic E-state index is -0.588. The Morgan fingerprint density at radius 1 is 1.14 bits per heavy atom. The lowest BCUT2D eigenvalue weighted by Crippen LogP contribution is -2.42. The van der Waals surface area contributed by atoms with E-state index < -0.39 is 6.23 Å². The highest BCUT2D eigenvalue weighted by molar-refractivity contribution is 8.23. The van der Waals surface area contributed by atoms with Gasteiger partial charge in [-0.3, -0.25) is 0 Å². The molecule has 1 heterocycles. The molecule has 22 heavy (non-hydrogen) atoms. The van der Waals surface area contributed by atoms with Crippen LogP contribution < -0.4 is 0 Å². The number of nitrogens with zero attached hydrogens (tertiary/aromatic N) is 1. The van der Waals surface area contributed by atoms with Gasteiger partial charge < -0.3 is 10.0 Å². The van der Waals surface area contributed by atoms with E-state index in [0.29, 0.717) is 22.3 Å². The first kappa shape index (κ1) is 15.8. The SMILES string of the molecule is OC1CC(c2ccccc2)SC(=S)N1Cc1ccccc1Cl. The fourth-order valence-electron chi connectivity index (χ4n) is 2.53. The molecule has 1 saturated heterocycles. The number of hydrogen-bond donors (Lipinski definition) is 1. The normalized spacial score (nSPS) is 21.9. The summed E-state index contributed by atoms with van der Waals surface area (Å²) in [7, 11) is 0. The van der Waals surface area contributed by atoms with Crippen molar-refractivity contribution in [2.45, 2.75) is 24.4 Å². The van der Waals surface area contributed by atoms with Crippen molar-refractivity contribution in [1.82, 2.24) is 4.90 Å². The van der Waals surface area contributed by atoms with Crippen molar-refractivity contribution in [1.29, 1.82) is 0 Å². The smallest absolute Gasteiger partial charge is 0.139 e. The van der Waals surface area contributed by atoms with E-state index in [1.165, 1.54) is 5.56 Å². The van der Waals surface area contributed by atoms with Crippen LogP contribution >= 0.6 is 35.6 Å². The van der Waals surface area contributed by atoms with E-state index in [1.54, 1.807) is 11.8 Å². The lowest BCUT2D eigenvalue weighted by Gasteiger charge is -2.38. The molecule has 1 aliphatic rings. The Hall–Kier alpha value is -1.07. The fourth-order valence-corrected chi connectivity index (χ4v) is 4.39. The van der Waals surface area contributed by atoms with Crippen LogP contribution in [0.3, 0.4) is 0 Å². The zero-order valence-corrected chi connectivity index (χ0v) is 14.2. The molecule has 1 aliphatic heterocycles. The Balaban J connectivity index is 1.74. The number of rotatable bonds is 3. The van der Waals surface area contributed by atoms with E-state index in [-0.39, 0.29) is 5.25 Å². The van der Waals surface area contributed by atoms with Gasteiger partial charge in [0.1, 0.15) is 10.5 Å². The molecule has 0 spiro atoms. The number of hydrogen-bond acceptors (Lipinski definition) is 3. The lowest BCUT2D eigenvalue weighted by molar-refractivity contribution is 0.0418. The second kappa shape index (κ2) is 7.01. The van der Waals surface area contributed by atoms with Gasteiger partial charge in [0.05, 0.1) is 0 Å². The van der Waals surface area contributed by atoms with Gasteiger partial charge in [-0.1, -0.05) is 84.1 Å². The fraction of sp³-hybridized carbons (Fsp3) is 0.235. The van der Waals surface area contributed by atoms with E-state index in [2.05, 4.69) is 12.1 Å². The third kappa shape index (κ3) is 3.46. The molecule has 114 valence electrons. The zero-order valence-electron chi connectivity index (χ0n) is 11.9. The molecule has 0 aromatic heterocycles. The number of aliphatic hydroxyl groups excluding tert-OH is 1. The maximum Gasteiger partial charge on any atom is 0.139 e. The molecule has 0 aliphatic carbocycles. The first-order valence-electron chi connectivity index (χ1n) is 7.09. The third-order valence-electron chi connectivity index (χ3n) is 3.73. The van der Waals surface area contributed by atoms with Crippen LogP contribution in [0.15, 0.2) is 54.6 Å². The predicted molar refractivity (Wildman–Crippen MR) is 97.0 cm³/mol. The molecular formula is C17H16ClNOS2. The monoisotopic (exact) mass is 349 g/mol. The van der Waals surface area contributed by atoms with Gasteiger partial charge in [-0.15, -0.1) is 0 Å². The minimum absolute atomic E-state index is 0.200. The zero-order chi connectivity index (χ0) is 15.5. The molecule has 5 heteroatoms. The Labute approximate surface area is 145 Å². The van der Waals surface area contributed by atoms with Crippen molar-refractivity contribution in [3.63, 3.8) is 0 Å². The highest BCUT2D eigenvalue weighted by Crippen LogP contribution is 2.41. The van der Waals surface area contributed by atoms with Crippen LogP contribution in [0.2, 0.25) is 5.02 Å². The van der Waals surface area contributed by atoms with Gasteiger partial charge in [-0.05, 0) is 17.2 Å². The highest BCUT2D eigenvalue weighted by Gasteiger charge is 2.31. The molecule has 1 N–H and O–H groups in total. The molecule has 2 aromatic rings. The Morgan fingerprint density at radius 3 is 2.50 bits per heavy atom. The van der Waals surface area contributed by atoms with E-state index in [9.17, 15) is 5.11 Å². The quantitative estimate of drug-likeness (QED) is 0.816. The van der Waals surface area contributed by atoms with E-state index in [0.717, 1.165) is 5.56 Å². The summed E-state index contributed by atoms with van der Waals surface area (Å²) in [5, 5.41) is 11.4. The summed E-state index contributed by atoms with van der Waals surface area (Å²) < 4.78 is 0.715. The van der Waals surface area contributed by atoms with E-state index in [4.69, 9.17) is 23.8 Å². The van der Waals surface area contributed by atoms with Gasteiger partial charge in [0, 0.05) is 23.2 Å². The summed E-state index contributed by atoms with van der Waals surface area (Å²) in [5.74, 6) is 0. The van der Waals surface area contributed by atoms with Crippen LogP contribution in [0.25, 0.3) is 0 Å². The summed E-state index contributed by atoms with van der Waals surface area (Å²) in [6.07, 6.45) is 0.0643. The lowest BCUT2D eigenvalue weighted by atomic mass is 10.1. The van der Waals surface area contributed by atoms with Crippen LogP contribution in [0.1, 0.15) is 22.8 Å². The minimum Gasteiger partial charge on any atom is -0.374 e. The Morgan fingerprint density at radius 2 is 1.82 bits per heavy atom. The summed E-state index contributed by atoms with van der Waals surface area (Å²) >= 11 is 13.3. The van der Waals surface area contributed by atoms with Gasteiger partial charge in [-0.25, -0.2) is 0 Å². The molecule has 2 nitrogen and oxygen atoms in total. The van der Waals surface area contributed by atoms with Crippen LogP contribution in [0, 0.1) is 0 Å². The van der Waals surface area contributed by atoms with Crippen molar-refractivity contribution in [3.8, 4) is 0 Å². The van der Waals surface area contributed by atoms with Gasteiger partial charge in [0.2, 0.25) is 0 Å². The molecular weight excluding hydrogens is 334 g/mol. The summed E-state index contributed by atoms with van der Waals surface area (Å²) in [6.45, 7) is 0.536. The number of halogens is 1. The second-order valence-electron chi connectivity index (χ2n) is 5.22. The number of thiocarbonyl (C=S) groups is 1. The Bertz CT molecular complexity index is 665. The van der Waals surface area contributed by atoms with Crippen molar-refractivity contribution < 1.29 is 5.11 Å². The van der Waals surface area contributed by atoms with Gasteiger partial charge in [-0.2, -0.15) is 0 Å². The molecule has 2 atom stereocenters. The third-order valence-corrected chi connectivity index (χ3v) is 5.81. The molecule has 1 fully saturated rings. The van der Waals surface area contributed by atoms with Gasteiger partial charge in [0.25, 0.3) is 0 Å². The standard InChI is InChI=1S/C17H16ClNOS2/c18-14-9-5-4-8-13(14)11-19-16(20)10-15(22-17(19)21)12-6-2-1-3-7-12/h1-9,15-16,20H,10-11H2. The summed E-state index contributed by atoms with van der Waals surface area (Å²) in [4.78, 5) is 1.85. The first-order valence-corrected chi connectivity index (χ1v) is 8.75. The van der Waals surface area contributed by atoms with E-state index in [1.807, 2.05) is 47.4 Å². The van der Waals surface area contributed by atoms with Crippen molar-refractivity contribution in [2.75, 3.05) is 0 Å². The van der Waals surface area contributed by atoms with Crippen molar-refractivity contribution >= 4 is 39.9 Å². The molecule has 2 aromatic carbocycles. The van der Waals surface area contributed by atoms with Crippen molar-refractivity contribution in [2.24, 2.45) is 0 Å². The topological polar surface area (TPSA) is 23.5 Å². The largest absolute Gasteiger partial charge is 0.374 e. The van der Waals surface area contributed by atoms with Crippen LogP contribution in [-0.2, 0) is 6.54 Å². The summed E-state index contributed by atoms with van der Waals surface area (Å²) in [6, 6.07) is 17.9. The number of thioether (sulfide) groups is 1. The average molecular weight is 350 g/mol. The molecule has 0 radical (unpaired) electrons. The molecule has 2 unspecified atom stereocenters. The highest BCUT2D eigenvalue weighted by atomic mass is 35.5. The van der Waals surface area contributed by atoms with Crippen LogP contribution in [-0.4, -0.2) is 20.6 Å². The maximum atomic E-state index is 10.5. The molecule has 3 rings (SSSR count). The Kier molecular flexibility index (Phi) is 5.03. The van der Waals surface area contributed by atoms with Crippen LogP contribution in [0.4, 0.5) is 0 Å². The van der Waals surface area contributed by atoms with Crippen LogP contribution in [0.5, 0.6) is 0 Å². The molecule has 0 amide bonds. The van der Waals surface area contributed by atoms with Gasteiger partial charge >= 0.3 is 0 Å². The number of aliphatic hydroxyl groups is 1. The summed E-state index contributed by atoms with van der Waals surface area (Å²) in [5.41, 5.74) is 2.18. The maximum absolute atomic E-state index is 10.5. The second-order valence-corrected chi connectivity index (χ2v) is 7.46. The predicted octanol–water partition coefficient (Wildman–Crippen LogP) is 4.62. The first-order chi connectivity index (χ1) is 10.6. The average Bonchev–Trinajstić information content (AvgIpc) is 2.53. The van der Waals surface area contributed by atoms with Crippen molar-refractivity contribution in [3.05, 3.63) is 70.7 Å². The molecule has 0 bridgehead atoms. The number of benzene rings is 2. The molecule has 0 saturated carbocycles.